The number of rotatable bonds is 4. The summed E-state index contributed by atoms with van der Waals surface area (Å²) in [4.78, 5) is 21.1. The quantitative estimate of drug-likeness (QED) is 0.586. The minimum atomic E-state index is -1.85. The van der Waals surface area contributed by atoms with Gasteiger partial charge in [-0.05, 0) is 12.8 Å². The normalized spacial score (nSPS) is 27.3. The van der Waals surface area contributed by atoms with Gasteiger partial charge in [0.1, 0.15) is 6.04 Å². The molecular formula is C11H16FNO5. The molecule has 2 aliphatic rings. The zero-order chi connectivity index (χ0) is 13.2. The van der Waals surface area contributed by atoms with Crippen LogP contribution in [0.3, 0.4) is 0 Å². The summed E-state index contributed by atoms with van der Waals surface area (Å²) in [5, 5.41) is 10.6. The van der Waals surface area contributed by atoms with E-state index in [1.807, 2.05) is 0 Å². The Morgan fingerprint density at radius 2 is 2.11 bits per heavy atom. The summed E-state index contributed by atoms with van der Waals surface area (Å²) in [5.74, 6) is -1.86. The number of aliphatic carboxylic acids is 1. The number of halogens is 1. The molecule has 0 aromatic heterocycles. The number of carbonyl (C=O) groups excluding carboxylic acids is 1. The molecule has 0 bridgehead atoms. The van der Waals surface area contributed by atoms with E-state index in [1.54, 1.807) is 5.32 Å². The first-order valence-electron chi connectivity index (χ1n) is 6.01. The first kappa shape index (κ1) is 13.2. The largest absolute Gasteiger partial charge is 0.480 e. The summed E-state index contributed by atoms with van der Waals surface area (Å²) in [6, 6.07) is -1.28. The summed E-state index contributed by atoms with van der Waals surface area (Å²) >= 11 is 0. The zero-order valence-corrected chi connectivity index (χ0v) is 9.86. The van der Waals surface area contributed by atoms with Crippen molar-refractivity contribution in [3.8, 4) is 0 Å². The van der Waals surface area contributed by atoms with E-state index in [0.717, 1.165) is 25.7 Å². The van der Waals surface area contributed by atoms with E-state index >= 15 is 0 Å². The van der Waals surface area contributed by atoms with Crippen molar-refractivity contribution in [3.63, 3.8) is 0 Å². The van der Waals surface area contributed by atoms with Gasteiger partial charge in [-0.2, -0.15) is 0 Å². The Labute approximate surface area is 103 Å². The Morgan fingerprint density at radius 1 is 1.44 bits per heavy atom. The molecule has 2 N–H and O–H groups in total. The Morgan fingerprint density at radius 3 is 2.67 bits per heavy atom. The van der Waals surface area contributed by atoms with Crippen molar-refractivity contribution in [2.45, 2.75) is 50.0 Å². The van der Waals surface area contributed by atoms with Gasteiger partial charge in [-0.1, -0.05) is 0 Å². The van der Waals surface area contributed by atoms with E-state index in [1.165, 1.54) is 0 Å². The van der Waals surface area contributed by atoms with Gasteiger partial charge in [-0.25, -0.2) is 9.59 Å². The number of ether oxygens (including phenoxy) is 2. The predicted molar refractivity (Wildman–Crippen MR) is 57.7 cm³/mol. The molecule has 2 unspecified atom stereocenters. The van der Waals surface area contributed by atoms with Crippen LogP contribution in [0, 0.1) is 0 Å². The summed E-state index contributed by atoms with van der Waals surface area (Å²) in [6.45, 7) is 0.284. The van der Waals surface area contributed by atoms with Crippen LogP contribution in [0.5, 0.6) is 0 Å². The van der Waals surface area contributed by atoms with Gasteiger partial charge in [0.25, 0.3) is 0 Å². The van der Waals surface area contributed by atoms with E-state index in [0.29, 0.717) is 0 Å². The molecule has 18 heavy (non-hydrogen) atoms. The number of amides is 1. The van der Waals surface area contributed by atoms with Crippen molar-refractivity contribution in [2.24, 2.45) is 0 Å². The maximum atomic E-state index is 12.2. The Bertz CT molecular complexity index is 342. The highest BCUT2D eigenvalue weighted by atomic mass is 19.1. The first-order chi connectivity index (χ1) is 8.51. The van der Waals surface area contributed by atoms with Crippen LogP contribution in [0.15, 0.2) is 0 Å². The molecule has 1 aliphatic carbocycles. The molecule has 1 heterocycles. The second-order valence-corrected chi connectivity index (χ2v) is 4.71. The molecule has 0 aromatic carbocycles. The molecule has 102 valence electrons. The lowest BCUT2D eigenvalue weighted by atomic mass is 10.1. The zero-order valence-electron chi connectivity index (χ0n) is 9.86. The van der Waals surface area contributed by atoms with Crippen LogP contribution < -0.4 is 5.32 Å². The van der Waals surface area contributed by atoms with Crippen molar-refractivity contribution in [1.29, 1.82) is 0 Å². The number of carboxylic acid groups (broad SMARTS) is 1. The summed E-state index contributed by atoms with van der Waals surface area (Å²) in [7, 11) is 0. The third-order valence-corrected chi connectivity index (χ3v) is 3.36. The summed E-state index contributed by atoms with van der Waals surface area (Å²) in [6.07, 6.45) is 1.39. The Balaban J connectivity index is 1.88. The van der Waals surface area contributed by atoms with Gasteiger partial charge in [-0.15, -0.1) is 4.39 Å². The highest BCUT2D eigenvalue weighted by molar-refractivity contribution is 5.79. The molecule has 1 aliphatic heterocycles. The molecular weight excluding hydrogens is 245 g/mol. The summed E-state index contributed by atoms with van der Waals surface area (Å²) < 4.78 is 23.5. The van der Waals surface area contributed by atoms with Crippen LogP contribution in [0.25, 0.3) is 0 Å². The fourth-order valence-electron chi connectivity index (χ4n) is 2.53. The molecule has 6 nitrogen and oxygen atoms in total. The van der Waals surface area contributed by atoms with Crippen molar-refractivity contribution in [2.75, 3.05) is 6.61 Å². The maximum absolute atomic E-state index is 12.2. The minimum Gasteiger partial charge on any atom is -0.480 e. The third-order valence-electron chi connectivity index (χ3n) is 3.36. The lowest BCUT2D eigenvalue weighted by Crippen LogP contribution is -2.41. The Kier molecular flexibility index (Phi) is 3.82. The third kappa shape index (κ3) is 2.97. The predicted octanol–water partition coefficient (Wildman–Crippen LogP) is 1.19. The van der Waals surface area contributed by atoms with Gasteiger partial charge in [0, 0.05) is 19.3 Å². The average molecular weight is 261 g/mol. The van der Waals surface area contributed by atoms with Crippen molar-refractivity contribution >= 4 is 12.1 Å². The van der Waals surface area contributed by atoms with Crippen LogP contribution in [0.1, 0.15) is 32.1 Å². The van der Waals surface area contributed by atoms with Crippen LogP contribution in [-0.2, 0) is 14.3 Å². The monoisotopic (exact) mass is 261 g/mol. The number of carboxylic acids is 1. The SMILES string of the molecule is O=C(F)NC(CC1COC2(CCCC2)O1)C(=O)O. The maximum Gasteiger partial charge on any atom is 0.398 e. The highest BCUT2D eigenvalue weighted by Crippen LogP contribution is 2.39. The van der Waals surface area contributed by atoms with E-state index in [-0.39, 0.29) is 13.0 Å². The van der Waals surface area contributed by atoms with Crippen LogP contribution in [-0.4, -0.2) is 41.8 Å². The molecule has 0 aromatic rings. The fraction of sp³-hybridized carbons (Fsp3) is 0.818. The van der Waals surface area contributed by atoms with Gasteiger partial charge < -0.3 is 19.9 Å². The summed E-state index contributed by atoms with van der Waals surface area (Å²) in [5.41, 5.74) is 0. The van der Waals surface area contributed by atoms with E-state index in [4.69, 9.17) is 14.6 Å². The van der Waals surface area contributed by atoms with Crippen LogP contribution in [0.4, 0.5) is 9.18 Å². The van der Waals surface area contributed by atoms with Crippen molar-refractivity contribution in [3.05, 3.63) is 0 Å². The average Bonchev–Trinajstić information content (AvgIpc) is 2.88. The van der Waals surface area contributed by atoms with Crippen molar-refractivity contribution in [1.82, 2.24) is 5.32 Å². The molecule has 2 rings (SSSR count). The topological polar surface area (TPSA) is 84.9 Å². The molecule has 2 fully saturated rings. The number of nitrogens with one attached hydrogen (secondary N) is 1. The van der Waals surface area contributed by atoms with Gasteiger partial charge in [0.2, 0.25) is 0 Å². The standard InChI is InChI=1S/C11H16FNO5/c12-10(16)13-8(9(14)15)5-7-6-17-11(18-7)3-1-2-4-11/h7-8H,1-6H2,(H,13,16)(H,14,15). The lowest BCUT2D eigenvalue weighted by Gasteiger charge is -2.22. The highest BCUT2D eigenvalue weighted by Gasteiger charge is 2.44. The van der Waals surface area contributed by atoms with Crippen LogP contribution >= 0.6 is 0 Å². The molecule has 1 saturated heterocycles. The molecule has 1 amide bonds. The van der Waals surface area contributed by atoms with Gasteiger partial charge in [0.15, 0.2) is 5.79 Å². The fourth-order valence-corrected chi connectivity index (χ4v) is 2.53. The second kappa shape index (κ2) is 5.19. The smallest absolute Gasteiger partial charge is 0.398 e. The number of hydrogen-bond acceptors (Lipinski definition) is 4. The molecule has 1 saturated carbocycles. The van der Waals surface area contributed by atoms with Gasteiger partial charge in [0.05, 0.1) is 12.7 Å². The van der Waals surface area contributed by atoms with E-state index in [9.17, 15) is 14.0 Å². The van der Waals surface area contributed by atoms with Crippen molar-refractivity contribution < 1.29 is 28.6 Å². The van der Waals surface area contributed by atoms with Gasteiger partial charge in [-0.3, -0.25) is 0 Å². The second-order valence-electron chi connectivity index (χ2n) is 4.71. The number of carbonyl (C=O) groups is 2. The molecule has 7 heteroatoms. The minimum absolute atomic E-state index is 0.00669. The van der Waals surface area contributed by atoms with E-state index < -0.39 is 30.1 Å². The Hall–Kier alpha value is -1.21. The molecule has 0 radical (unpaired) electrons. The number of hydrogen-bond donors (Lipinski definition) is 2. The first-order valence-corrected chi connectivity index (χ1v) is 6.01. The van der Waals surface area contributed by atoms with Gasteiger partial charge >= 0.3 is 12.1 Å². The molecule has 2 atom stereocenters. The molecule has 1 spiro atoms. The van der Waals surface area contributed by atoms with Crippen LogP contribution in [0.2, 0.25) is 0 Å². The van der Waals surface area contributed by atoms with E-state index in [2.05, 4.69) is 0 Å². The lowest BCUT2D eigenvalue weighted by molar-refractivity contribution is -0.164.